The molecule has 3 aromatic rings. The third-order valence-corrected chi connectivity index (χ3v) is 5.47. The van der Waals surface area contributed by atoms with E-state index in [0.717, 1.165) is 21.0 Å². The first-order valence-corrected chi connectivity index (χ1v) is 9.05. The van der Waals surface area contributed by atoms with Gasteiger partial charge in [-0.1, -0.05) is 71.0 Å². The van der Waals surface area contributed by atoms with Crippen LogP contribution in [-0.2, 0) is 16.6 Å². The maximum atomic E-state index is 12.5. The summed E-state index contributed by atoms with van der Waals surface area (Å²) in [5.74, 6) is 0.485. The average Bonchev–Trinajstić information content (AvgIpc) is 2.55. The molecule has 1 atom stereocenters. The van der Waals surface area contributed by atoms with Gasteiger partial charge in [0.15, 0.2) is 0 Å². The lowest BCUT2D eigenvalue weighted by atomic mass is 10.1. The largest absolute Gasteiger partial charge is 0.254 e. The van der Waals surface area contributed by atoms with Crippen molar-refractivity contribution in [3.63, 3.8) is 0 Å². The van der Waals surface area contributed by atoms with Gasteiger partial charge in [-0.15, -0.1) is 0 Å². The van der Waals surface area contributed by atoms with Crippen molar-refractivity contribution in [3.05, 3.63) is 88.9 Å². The summed E-state index contributed by atoms with van der Waals surface area (Å²) in [6, 6.07) is 22.1. The van der Waals surface area contributed by atoms with E-state index in [9.17, 15) is 4.21 Å². The van der Waals surface area contributed by atoms with Crippen molar-refractivity contribution in [2.24, 2.45) is 0 Å². The minimum Gasteiger partial charge on any atom is -0.254 e. The van der Waals surface area contributed by atoms with Gasteiger partial charge in [-0.2, -0.15) is 0 Å². The molecule has 0 aliphatic carbocycles. The van der Waals surface area contributed by atoms with E-state index < -0.39 is 10.8 Å². The van der Waals surface area contributed by atoms with Crippen molar-refractivity contribution in [3.8, 4) is 0 Å². The van der Waals surface area contributed by atoms with Crippen LogP contribution in [0.25, 0.3) is 15.7 Å². The van der Waals surface area contributed by atoms with Gasteiger partial charge in [0.25, 0.3) is 0 Å². The number of benzene rings is 3. The van der Waals surface area contributed by atoms with E-state index in [1.807, 2.05) is 48.5 Å². The summed E-state index contributed by atoms with van der Waals surface area (Å²) in [4.78, 5) is 0.675. The Kier molecular flexibility index (Phi) is 4.55. The Balaban J connectivity index is 1.82. The van der Waals surface area contributed by atoms with Crippen molar-refractivity contribution < 1.29 is 4.21 Å². The second-order valence-corrected chi connectivity index (χ2v) is 7.49. The summed E-state index contributed by atoms with van der Waals surface area (Å²) in [6.45, 7) is 4.04. The van der Waals surface area contributed by atoms with Gasteiger partial charge in [0.1, 0.15) is 0 Å². The van der Waals surface area contributed by atoms with Crippen molar-refractivity contribution in [2.45, 2.75) is 5.75 Å². The first kappa shape index (κ1) is 15.2. The van der Waals surface area contributed by atoms with Crippen molar-refractivity contribution in [1.29, 1.82) is 0 Å². The fourth-order valence-electron chi connectivity index (χ4n) is 2.31. The highest BCUT2D eigenvalue weighted by atomic mass is 79.9. The average molecular weight is 371 g/mol. The second kappa shape index (κ2) is 6.59. The van der Waals surface area contributed by atoms with E-state index in [2.05, 4.69) is 40.7 Å². The van der Waals surface area contributed by atoms with Crippen molar-refractivity contribution >= 4 is 42.4 Å². The highest BCUT2D eigenvalue weighted by Gasteiger charge is 2.09. The van der Waals surface area contributed by atoms with Gasteiger partial charge in [-0.05, 0) is 40.1 Å². The lowest BCUT2D eigenvalue weighted by Gasteiger charge is -2.08. The van der Waals surface area contributed by atoms with Crippen LogP contribution in [0, 0.1) is 0 Å². The Morgan fingerprint density at radius 1 is 0.955 bits per heavy atom. The summed E-state index contributed by atoms with van der Waals surface area (Å²) >= 11 is 3.41. The molecule has 0 aliphatic rings. The van der Waals surface area contributed by atoms with Crippen LogP contribution in [0.2, 0.25) is 0 Å². The predicted molar refractivity (Wildman–Crippen MR) is 99.0 cm³/mol. The molecule has 3 aromatic carbocycles. The molecular weight excluding hydrogens is 356 g/mol. The van der Waals surface area contributed by atoms with Gasteiger partial charge in [0.05, 0.1) is 16.6 Å². The van der Waals surface area contributed by atoms with E-state index in [-0.39, 0.29) is 0 Å². The summed E-state index contributed by atoms with van der Waals surface area (Å²) in [7, 11) is -1.13. The summed E-state index contributed by atoms with van der Waals surface area (Å²) in [6.07, 6.45) is 0. The Bertz CT molecular complexity index is 853. The van der Waals surface area contributed by atoms with Gasteiger partial charge >= 0.3 is 0 Å². The van der Waals surface area contributed by atoms with Gasteiger partial charge in [-0.3, -0.25) is 4.21 Å². The van der Waals surface area contributed by atoms with E-state index in [1.165, 1.54) is 5.39 Å². The predicted octanol–water partition coefficient (Wildman–Crippen LogP) is 5.52. The van der Waals surface area contributed by atoms with Gasteiger partial charge in [-0.25, -0.2) is 0 Å². The normalized spacial score (nSPS) is 12.2. The first-order chi connectivity index (χ1) is 10.6. The molecule has 0 bridgehead atoms. The molecule has 0 fully saturated rings. The molecule has 0 N–H and O–H groups in total. The number of hydrogen-bond donors (Lipinski definition) is 0. The quantitative estimate of drug-likeness (QED) is 0.590. The topological polar surface area (TPSA) is 17.1 Å². The van der Waals surface area contributed by atoms with Crippen molar-refractivity contribution in [1.82, 2.24) is 0 Å². The van der Waals surface area contributed by atoms with Crippen LogP contribution in [-0.4, -0.2) is 4.21 Å². The van der Waals surface area contributed by atoms with Crippen molar-refractivity contribution in [2.75, 3.05) is 0 Å². The Labute approximate surface area is 141 Å². The first-order valence-electron chi connectivity index (χ1n) is 6.94. The van der Waals surface area contributed by atoms with Crippen LogP contribution in [0.15, 0.2) is 77.8 Å². The third kappa shape index (κ3) is 3.37. The molecule has 3 heteroatoms. The van der Waals surface area contributed by atoms with E-state index in [4.69, 9.17) is 0 Å². The molecule has 0 spiro atoms. The maximum absolute atomic E-state index is 12.5. The maximum Gasteiger partial charge on any atom is 0.0574 e. The standard InChI is InChI=1S/C19H15BrOS/c1-14(22(21)13-15-6-10-19(20)11-7-15)17-9-8-16-4-2-3-5-18(16)12-17/h2-12H,1,13H2. The molecule has 0 amide bonds. The van der Waals surface area contributed by atoms with E-state index >= 15 is 0 Å². The van der Waals surface area contributed by atoms with Crippen LogP contribution in [0.5, 0.6) is 0 Å². The molecule has 0 radical (unpaired) electrons. The molecule has 110 valence electrons. The number of rotatable bonds is 4. The van der Waals surface area contributed by atoms with Crippen LogP contribution >= 0.6 is 15.9 Å². The van der Waals surface area contributed by atoms with E-state index in [0.29, 0.717) is 10.7 Å². The van der Waals surface area contributed by atoms with Crippen LogP contribution < -0.4 is 0 Å². The number of fused-ring (bicyclic) bond motifs is 1. The number of halogens is 1. The third-order valence-electron chi connectivity index (χ3n) is 3.56. The van der Waals surface area contributed by atoms with Crippen LogP contribution in [0.4, 0.5) is 0 Å². The fraction of sp³-hybridized carbons (Fsp3) is 0.0526. The minimum atomic E-state index is -1.13. The van der Waals surface area contributed by atoms with Crippen LogP contribution in [0.3, 0.4) is 0 Å². The summed E-state index contributed by atoms with van der Waals surface area (Å²) in [5, 5.41) is 2.32. The molecule has 0 saturated carbocycles. The molecule has 3 rings (SSSR count). The van der Waals surface area contributed by atoms with E-state index in [1.54, 1.807) is 0 Å². The molecule has 1 unspecified atom stereocenters. The molecule has 0 heterocycles. The zero-order valence-electron chi connectivity index (χ0n) is 12.0. The molecule has 0 aliphatic heterocycles. The lowest BCUT2D eigenvalue weighted by Crippen LogP contribution is -1.98. The molecular formula is C19H15BrOS. The zero-order chi connectivity index (χ0) is 15.5. The van der Waals surface area contributed by atoms with Crippen LogP contribution in [0.1, 0.15) is 11.1 Å². The molecule has 0 saturated heterocycles. The SMILES string of the molecule is C=C(c1ccc2ccccc2c1)S(=O)Cc1ccc(Br)cc1. The highest BCUT2D eigenvalue weighted by Crippen LogP contribution is 2.24. The minimum absolute atomic E-state index is 0.485. The fourth-order valence-corrected chi connectivity index (χ4v) is 3.64. The van der Waals surface area contributed by atoms with Gasteiger partial charge < -0.3 is 0 Å². The Hall–Kier alpha value is -1.71. The van der Waals surface area contributed by atoms with Gasteiger partial charge in [0, 0.05) is 9.38 Å². The Morgan fingerprint density at radius 3 is 2.36 bits per heavy atom. The van der Waals surface area contributed by atoms with Gasteiger partial charge in [0.2, 0.25) is 0 Å². The summed E-state index contributed by atoms with van der Waals surface area (Å²) < 4.78 is 13.6. The molecule has 0 aromatic heterocycles. The smallest absolute Gasteiger partial charge is 0.0574 e. The Morgan fingerprint density at radius 2 is 1.64 bits per heavy atom. The molecule has 1 nitrogen and oxygen atoms in total. The summed E-state index contributed by atoms with van der Waals surface area (Å²) in [5.41, 5.74) is 1.98. The monoisotopic (exact) mass is 370 g/mol. The zero-order valence-corrected chi connectivity index (χ0v) is 14.4. The number of hydrogen-bond acceptors (Lipinski definition) is 1. The lowest BCUT2D eigenvalue weighted by molar-refractivity contribution is 0.688. The molecule has 22 heavy (non-hydrogen) atoms. The second-order valence-electron chi connectivity index (χ2n) is 5.10. The highest BCUT2D eigenvalue weighted by molar-refractivity contribution is 9.10.